The van der Waals surface area contributed by atoms with Gasteiger partial charge in [-0.15, -0.1) is 0 Å². The van der Waals surface area contributed by atoms with Crippen molar-refractivity contribution in [3.63, 3.8) is 0 Å². The Balaban J connectivity index is 2.43. The molecule has 98 valence electrons. The Labute approximate surface area is 108 Å². The number of primary amides is 1. The van der Waals surface area contributed by atoms with E-state index >= 15 is 0 Å². The largest absolute Gasteiger partial charge is 0.397 e. The number of amides is 1. The molecule has 0 bridgehead atoms. The molecule has 1 fully saturated rings. The maximum Gasteiger partial charge on any atom is 0.250 e. The van der Waals surface area contributed by atoms with Gasteiger partial charge in [-0.3, -0.25) is 4.79 Å². The van der Waals surface area contributed by atoms with Crippen LogP contribution in [0.25, 0.3) is 0 Å². The number of benzene rings is 1. The Hall–Kier alpha value is -1.71. The first-order valence-corrected chi connectivity index (χ1v) is 6.60. The lowest BCUT2D eigenvalue weighted by Gasteiger charge is -2.32. The number of rotatable bonds is 4. The van der Waals surface area contributed by atoms with Gasteiger partial charge in [-0.25, -0.2) is 0 Å². The van der Waals surface area contributed by atoms with Gasteiger partial charge in [0.1, 0.15) is 0 Å². The molecule has 0 aromatic heterocycles. The minimum Gasteiger partial charge on any atom is -0.397 e. The topological polar surface area (TPSA) is 72.3 Å². The molecule has 0 saturated heterocycles. The number of hydrogen-bond acceptors (Lipinski definition) is 3. The number of nitrogens with zero attached hydrogens (tertiary/aromatic N) is 1. The summed E-state index contributed by atoms with van der Waals surface area (Å²) >= 11 is 0. The summed E-state index contributed by atoms with van der Waals surface area (Å²) in [4.78, 5) is 13.8. The molecule has 2 rings (SSSR count). The van der Waals surface area contributed by atoms with Crippen LogP contribution in [0.1, 0.15) is 43.0 Å². The van der Waals surface area contributed by atoms with E-state index in [0.717, 1.165) is 12.2 Å². The van der Waals surface area contributed by atoms with E-state index in [2.05, 4.69) is 11.8 Å². The third kappa shape index (κ3) is 2.28. The van der Waals surface area contributed by atoms with E-state index in [-0.39, 0.29) is 0 Å². The van der Waals surface area contributed by atoms with Crippen LogP contribution in [0.5, 0.6) is 0 Å². The summed E-state index contributed by atoms with van der Waals surface area (Å²) in [6.07, 6.45) is 4.83. The zero-order valence-corrected chi connectivity index (χ0v) is 10.9. The van der Waals surface area contributed by atoms with Crippen molar-refractivity contribution in [3.8, 4) is 0 Å². The highest BCUT2D eigenvalue weighted by atomic mass is 16.1. The van der Waals surface area contributed by atoms with Gasteiger partial charge in [0.25, 0.3) is 5.91 Å². The summed E-state index contributed by atoms with van der Waals surface area (Å²) in [6.45, 7) is 2.94. The van der Waals surface area contributed by atoms with Crippen LogP contribution in [0.15, 0.2) is 18.2 Å². The third-order valence-corrected chi connectivity index (χ3v) is 3.73. The Bertz CT molecular complexity index is 439. The molecular formula is C14H21N3O. The molecule has 1 aliphatic rings. The lowest BCUT2D eigenvalue weighted by molar-refractivity contribution is 0.100. The fraction of sp³-hybridized carbons (Fsp3) is 0.500. The van der Waals surface area contributed by atoms with Crippen LogP contribution in [0.2, 0.25) is 0 Å². The molecule has 0 aliphatic heterocycles. The van der Waals surface area contributed by atoms with Gasteiger partial charge in [0.2, 0.25) is 0 Å². The zero-order valence-electron chi connectivity index (χ0n) is 10.9. The summed E-state index contributed by atoms with van der Waals surface area (Å²) in [6, 6.07) is 5.85. The quantitative estimate of drug-likeness (QED) is 0.801. The average molecular weight is 247 g/mol. The number of hydrogen-bond donors (Lipinski definition) is 2. The van der Waals surface area contributed by atoms with Crippen molar-refractivity contribution < 1.29 is 4.79 Å². The van der Waals surface area contributed by atoms with Crippen molar-refractivity contribution in [3.05, 3.63) is 23.8 Å². The Morgan fingerprint density at radius 3 is 2.61 bits per heavy atom. The standard InChI is InChI=1S/C14H21N3O/c1-2-17(10-6-3-4-7-10)13-11(14(16)18)8-5-9-12(13)15/h5,8-10H,2-4,6-7,15H2,1H3,(H2,16,18). The van der Waals surface area contributed by atoms with Gasteiger partial charge >= 0.3 is 0 Å². The average Bonchev–Trinajstić information content (AvgIpc) is 2.85. The first-order chi connectivity index (χ1) is 8.65. The summed E-state index contributed by atoms with van der Waals surface area (Å²) in [5.74, 6) is -0.409. The van der Waals surface area contributed by atoms with Gasteiger partial charge in [-0.2, -0.15) is 0 Å². The van der Waals surface area contributed by atoms with E-state index in [1.165, 1.54) is 25.7 Å². The highest BCUT2D eigenvalue weighted by molar-refractivity contribution is 6.01. The Kier molecular flexibility index (Phi) is 3.75. The van der Waals surface area contributed by atoms with Gasteiger partial charge in [0.15, 0.2) is 0 Å². The molecule has 1 aliphatic carbocycles. The predicted molar refractivity (Wildman–Crippen MR) is 74.6 cm³/mol. The van der Waals surface area contributed by atoms with Gasteiger partial charge in [-0.1, -0.05) is 18.9 Å². The van der Waals surface area contributed by atoms with Gasteiger partial charge < -0.3 is 16.4 Å². The molecule has 0 heterocycles. The van der Waals surface area contributed by atoms with E-state index in [0.29, 0.717) is 17.3 Å². The van der Waals surface area contributed by atoms with Crippen molar-refractivity contribution in [1.82, 2.24) is 0 Å². The van der Waals surface area contributed by atoms with E-state index in [1.54, 1.807) is 12.1 Å². The lowest BCUT2D eigenvalue weighted by atomic mass is 10.1. The van der Waals surface area contributed by atoms with Crippen molar-refractivity contribution in [2.24, 2.45) is 5.73 Å². The monoisotopic (exact) mass is 247 g/mol. The first-order valence-electron chi connectivity index (χ1n) is 6.60. The highest BCUT2D eigenvalue weighted by Crippen LogP contribution is 2.34. The van der Waals surface area contributed by atoms with Crippen LogP contribution in [-0.2, 0) is 0 Å². The van der Waals surface area contributed by atoms with E-state index in [1.807, 2.05) is 6.07 Å². The van der Waals surface area contributed by atoms with E-state index < -0.39 is 5.91 Å². The third-order valence-electron chi connectivity index (χ3n) is 3.73. The molecule has 0 unspecified atom stereocenters. The van der Waals surface area contributed by atoms with Crippen molar-refractivity contribution in [2.45, 2.75) is 38.6 Å². The smallest absolute Gasteiger partial charge is 0.250 e. The molecule has 1 saturated carbocycles. The molecule has 0 atom stereocenters. The fourth-order valence-corrected chi connectivity index (χ4v) is 2.90. The van der Waals surface area contributed by atoms with E-state index in [4.69, 9.17) is 11.5 Å². The summed E-state index contributed by atoms with van der Waals surface area (Å²) < 4.78 is 0. The second-order valence-corrected chi connectivity index (χ2v) is 4.83. The van der Waals surface area contributed by atoms with Crippen molar-refractivity contribution >= 4 is 17.3 Å². The minimum atomic E-state index is -0.409. The normalized spacial score (nSPS) is 15.8. The maximum atomic E-state index is 11.5. The number of carbonyl (C=O) groups is 1. The minimum absolute atomic E-state index is 0.409. The van der Waals surface area contributed by atoms with Crippen LogP contribution >= 0.6 is 0 Å². The van der Waals surface area contributed by atoms with Crippen molar-refractivity contribution in [2.75, 3.05) is 17.2 Å². The van der Waals surface area contributed by atoms with Crippen LogP contribution in [-0.4, -0.2) is 18.5 Å². The van der Waals surface area contributed by atoms with Gasteiger partial charge in [0.05, 0.1) is 16.9 Å². The predicted octanol–water partition coefficient (Wildman–Crippen LogP) is 2.14. The molecule has 0 spiro atoms. The molecule has 1 aromatic rings. The summed E-state index contributed by atoms with van der Waals surface area (Å²) in [5, 5.41) is 0. The number of nitrogens with two attached hydrogens (primary N) is 2. The summed E-state index contributed by atoms with van der Waals surface area (Å²) in [5.41, 5.74) is 13.5. The molecule has 1 aromatic carbocycles. The molecule has 4 heteroatoms. The van der Waals surface area contributed by atoms with E-state index in [9.17, 15) is 4.79 Å². The number of anilines is 2. The molecule has 4 nitrogen and oxygen atoms in total. The van der Waals surface area contributed by atoms with Crippen molar-refractivity contribution in [1.29, 1.82) is 0 Å². The van der Waals surface area contributed by atoms with Crippen LogP contribution < -0.4 is 16.4 Å². The lowest BCUT2D eigenvalue weighted by Crippen LogP contribution is -2.35. The van der Waals surface area contributed by atoms with Crippen LogP contribution in [0.4, 0.5) is 11.4 Å². The van der Waals surface area contributed by atoms with Crippen LogP contribution in [0, 0.1) is 0 Å². The first kappa shape index (κ1) is 12.7. The number of para-hydroxylation sites is 1. The molecule has 4 N–H and O–H groups in total. The number of carbonyl (C=O) groups excluding carboxylic acids is 1. The SMILES string of the molecule is CCN(c1c(N)cccc1C(N)=O)C1CCCC1. The Morgan fingerprint density at radius 2 is 2.06 bits per heavy atom. The molecule has 1 amide bonds. The maximum absolute atomic E-state index is 11.5. The van der Waals surface area contributed by atoms with Gasteiger partial charge in [0, 0.05) is 12.6 Å². The zero-order chi connectivity index (χ0) is 13.1. The molecular weight excluding hydrogens is 226 g/mol. The second kappa shape index (κ2) is 5.29. The highest BCUT2D eigenvalue weighted by Gasteiger charge is 2.25. The Morgan fingerprint density at radius 1 is 1.39 bits per heavy atom. The molecule has 18 heavy (non-hydrogen) atoms. The summed E-state index contributed by atoms with van der Waals surface area (Å²) in [7, 11) is 0. The van der Waals surface area contributed by atoms with Crippen LogP contribution in [0.3, 0.4) is 0 Å². The van der Waals surface area contributed by atoms with Gasteiger partial charge in [-0.05, 0) is 31.9 Å². The molecule has 0 radical (unpaired) electrons. The number of nitrogen functional groups attached to an aromatic ring is 1. The second-order valence-electron chi connectivity index (χ2n) is 4.83. The fourth-order valence-electron chi connectivity index (χ4n) is 2.90.